The minimum Gasteiger partial charge on any atom is -0.415 e. The Labute approximate surface area is 135 Å². The molecule has 21 heavy (non-hydrogen) atoms. The van der Waals surface area contributed by atoms with Crippen molar-refractivity contribution in [2.45, 2.75) is 0 Å². The van der Waals surface area contributed by atoms with Crippen molar-refractivity contribution < 1.29 is 4.42 Å². The Hall–Kier alpha value is -1.91. The van der Waals surface area contributed by atoms with Crippen LogP contribution in [0.3, 0.4) is 0 Å². The van der Waals surface area contributed by atoms with Crippen LogP contribution in [-0.4, -0.2) is 10.2 Å². The SMILES string of the molecule is Cl/C(=C\c1cccc(Br)c1)c1nnc(-c2ccccc2)o1. The van der Waals surface area contributed by atoms with Crippen LogP contribution in [0.5, 0.6) is 0 Å². The number of nitrogens with zero attached hydrogens (tertiary/aromatic N) is 2. The fourth-order valence-corrected chi connectivity index (χ4v) is 2.44. The quantitative estimate of drug-likeness (QED) is 0.640. The Morgan fingerprint density at radius 1 is 1.05 bits per heavy atom. The van der Waals surface area contributed by atoms with E-state index in [1.165, 1.54) is 0 Å². The number of aromatic nitrogens is 2. The van der Waals surface area contributed by atoms with Crippen LogP contribution in [0.15, 0.2) is 63.5 Å². The van der Waals surface area contributed by atoms with E-state index in [4.69, 9.17) is 16.0 Å². The van der Waals surface area contributed by atoms with Gasteiger partial charge in [-0.2, -0.15) is 0 Å². The summed E-state index contributed by atoms with van der Waals surface area (Å²) in [6.07, 6.45) is 1.79. The monoisotopic (exact) mass is 360 g/mol. The van der Waals surface area contributed by atoms with Gasteiger partial charge in [-0.15, -0.1) is 10.2 Å². The summed E-state index contributed by atoms with van der Waals surface area (Å²) in [7, 11) is 0. The van der Waals surface area contributed by atoms with Gasteiger partial charge in [0.1, 0.15) is 5.03 Å². The van der Waals surface area contributed by atoms with Crippen molar-refractivity contribution in [3.63, 3.8) is 0 Å². The van der Waals surface area contributed by atoms with E-state index in [2.05, 4.69) is 26.1 Å². The molecule has 0 spiro atoms. The van der Waals surface area contributed by atoms with Gasteiger partial charge in [0.15, 0.2) is 0 Å². The smallest absolute Gasteiger partial charge is 0.259 e. The van der Waals surface area contributed by atoms with Crippen molar-refractivity contribution >= 4 is 38.6 Å². The summed E-state index contributed by atoms with van der Waals surface area (Å²) in [5.74, 6) is 0.752. The van der Waals surface area contributed by atoms with Gasteiger partial charge in [0.05, 0.1) is 0 Å². The maximum absolute atomic E-state index is 6.24. The van der Waals surface area contributed by atoms with Crippen LogP contribution >= 0.6 is 27.5 Å². The predicted molar refractivity (Wildman–Crippen MR) is 87.6 cm³/mol. The van der Waals surface area contributed by atoms with Crippen LogP contribution in [0.4, 0.5) is 0 Å². The average molecular weight is 362 g/mol. The molecule has 0 saturated heterocycles. The van der Waals surface area contributed by atoms with Crippen LogP contribution in [0.2, 0.25) is 0 Å². The van der Waals surface area contributed by atoms with E-state index in [0.29, 0.717) is 16.8 Å². The van der Waals surface area contributed by atoms with Crippen molar-refractivity contribution in [2.24, 2.45) is 0 Å². The maximum Gasteiger partial charge on any atom is 0.259 e. The molecule has 0 fully saturated rings. The van der Waals surface area contributed by atoms with Crippen molar-refractivity contribution in [1.29, 1.82) is 0 Å². The minimum absolute atomic E-state index is 0.301. The Bertz CT molecular complexity index is 784. The fraction of sp³-hybridized carbons (Fsp3) is 0. The van der Waals surface area contributed by atoms with Crippen LogP contribution in [0, 0.1) is 0 Å². The molecule has 2 aromatic carbocycles. The molecule has 0 N–H and O–H groups in total. The highest BCUT2D eigenvalue weighted by Gasteiger charge is 2.10. The van der Waals surface area contributed by atoms with Gasteiger partial charge in [-0.05, 0) is 35.9 Å². The van der Waals surface area contributed by atoms with E-state index in [-0.39, 0.29) is 0 Å². The average Bonchev–Trinajstić information content (AvgIpc) is 2.98. The molecule has 0 aliphatic carbocycles. The number of halogens is 2. The van der Waals surface area contributed by atoms with Gasteiger partial charge >= 0.3 is 0 Å². The first kappa shape index (κ1) is 14.0. The standard InChI is InChI=1S/C16H10BrClN2O/c17-13-8-4-5-11(9-13)10-14(18)16-20-19-15(21-16)12-6-2-1-3-7-12/h1-10H/b14-10-. The van der Waals surface area contributed by atoms with Crippen LogP contribution in [0.1, 0.15) is 11.5 Å². The number of rotatable bonds is 3. The van der Waals surface area contributed by atoms with Gasteiger partial charge in [0.2, 0.25) is 5.89 Å². The first-order valence-corrected chi connectivity index (χ1v) is 7.41. The number of hydrogen-bond acceptors (Lipinski definition) is 3. The third-order valence-corrected chi connectivity index (χ3v) is 3.56. The Balaban J connectivity index is 1.89. The fourth-order valence-electron chi connectivity index (χ4n) is 1.82. The Morgan fingerprint density at radius 2 is 1.86 bits per heavy atom. The zero-order valence-electron chi connectivity index (χ0n) is 10.8. The van der Waals surface area contributed by atoms with E-state index < -0.39 is 0 Å². The van der Waals surface area contributed by atoms with Crippen molar-refractivity contribution in [3.8, 4) is 11.5 Å². The van der Waals surface area contributed by atoms with Crippen molar-refractivity contribution in [2.75, 3.05) is 0 Å². The number of benzene rings is 2. The zero-order chi connectivity index (χ0) is 14.7. The molecule has 0 aliphatic rings. The van der Waals surface area contributed by atoms with Gasteiger partial charge < -0.3 is 4.42 Å². The van der Waals surface area contributed by atoms with Crippen LogP contribution < -0.4 is 0 Å². The van der Waals surface area contributed by atoms with Crippen molar-refractivity contribution in [3.05, 3.63) is 70.5 Å². The van der Waals surface area contributed by atoms with Gasteiger partial charge in [-0.1, -0.05) is 57.9 Å². The predicted octanol–water partition coefficient (Wildman–Crippen LogP) is 5.24. The summed E-state index contributed by atoms with van der Waals surface area (Å²) in [6, 6.07) is 17.4. The topological polar surface area (TPSA) is 38.9 Å². The second kappa shape index (κ2) is 6.24. The summed E-state index contributed by atoms with van der Waals surface area (Å²) in [4.78, 5) is 0. The maximum atomic E-state index is 6.24. The molecule has 1 aromatic heterocycles. The van der Waals surface area contributed by atoms with Crippen LogP contribution in [-0.2, 0) is 0 Å². The second-order valence-corrected chi connectivity index (χ2v) is 5.65. The molecule has 0 bridgehead atoms. The minimum atomic E-state index is 0.301. The molecule has 0 unspecified atom stereocenters. The highest BCUT2D eigenvalue weighted by Crippen LogP contribution is 2.25. The lowest BCUT2D eigenvalue weighted by Gasteiger charge is -1.96. The first-order chi connectivity index (χ1) is 10.2. The third-order valence-electron chi connectivity index (χ3n) is 2.79. The van der Waals surface area contributed by atoms with E-state index in [1.54, 1.807) is 6.08 Å². The van der Waals surface area contributed by atoms with Crippen LogP contribution in [0.25, 0.3) is 22.6 Å². The molecular weight excluding hydrogens is 352 g/mol. The molecular formula is C16H10BrClN2O. The highest BCUT2D eigenvalue weighted by molar-refractivity contribution is 9.10. The molecule has 3 nitrogen and oxygen atoms in total. The summed E-state index contributed by atoms with van der Waals surface area (Å²) >= 11 is 9.66. The summed E-state index contributed by atoms with van der Waals surface area (Å²) in [5.41, 5.74) is 1.82. The molecule has 104 valence electrons. The largest absolute Gasteiger partial charge is 0.415 e. The van der Waals surface area contributed by atoms with Gasteiger partial charge in [0.25, 0.3) is 5.89 Å². The first-order valence-electron chi connectivity index (χ1n) is 6.24. The van der Waals surface area contributed by atoms with Gasteiger partial charge in [0, 0.05) is 10.0 Å². The van der Waals surface area contributed by atoms with Crippen molar-refractivity contribution in [1.82, 2.24) is 10.2 Å². The molecule has 0 aliphatic heterocycles. The molecule has 0 amide bonds. The summed E-state index contributed by atoms with van der Waals surface area (Å²) < 4.78 is 6.58. The normalized spacial score (nSPS) is 11.6. The third kappa shape index (κ3) is 3.40. The second-order valence-electron chi connectivity index (χ2n) is 4.33. The van der Waals surface area contributed by atoms with Gasteiger partial charge in [-0.3, -0.25) is 0 Å². The van der Waals surface area contributed by atoms with Gasteiger partial charge in [-0.25, -0.2) is 0 Å². The molecule has 0 atom stereocenters. The van der Waals surface area contributed by atoms with E-state index in [0.717, 1.165) is 15.6 Å². The summed E-state index contributed by atoms with van der Waals surface area (Å²) in [5, 5.41) is 8.40. The van der Waals surface area contributed by atoms with E-state index >= 15 is 0 Å². The Kier molecular flexibility index (Phi) is 4.18. The molecule has 3 rings (SSSR count). The zero-order valence-corrected chi connectivity index (χ0v) is 13.2. The lowest BCUT2D eigenvalue weighted by Crippen LogP contribution is -1.78. The lowest BCUT2D eigenvalue weighted by atomic mass is 10.2. The van der Waals surface area contributed by atoms with E-state index in [1.807, 2.05) is 54.6 Å². The molecule has 1 heterocycles. The van der Waals surface area contributed by atoms with E-state index in [9.17, 15) is 0 Å². The molecule has 5 heteroatoms. The molecule has 3 aromatic rings. The highest BCUT2D eigenvalue weighted by atomic mass is 79.9. The summed E-state index contributed by atoms with van der Waals surface area (Å²) in [6.45, 7) is 0. The molecule has 0 radical (unpaired) electrons. The number of hydrogen-bond donors (Lipinski definition) is 0. The molecule has 0 saturated carbocycles. The lowest BCUT2D eigenvalue weighted by molar-refractivity contribution is 0.556. The Morgan fingerprint density at radius 3 is 2.62 bits per heavy atom.